The molecule has 0 unspecified atom stereocenters. The zero-order valence-electron chi connectivity index (χ0n) is 22.4. The van der Waals surface area contributed by atoms with E-state index < -0.39 is 12.1 Å². The topological polar surface area (TPSA) is 91.7 Å². The SMILES string of the molecule is C/C(=C\CC[C@@H](C=O)[C@@H]1[C@H](O)C[C@]2(C)C3=C(CC[C@@]12C)[C@@]1(C)CCC(=O)C(C)(C)[C@H]1CC3)C(=O)O. The molecular weight excluding hydrogens is 440 g/mol. The van der Waals surface area contributed by atoms with Crippen LogP contribution in [-0.2, 0) is 14.4 Å². The highest BCUT2D eigenvalue weighted by molar-refractivity contribution is 5.86. The molecule has 0 aromatic carbocycles. The van der Waals surface area contributed by atoms with Crippen LogP contribution in [0, 0.1) is 39.4 Å². The first-order valence-corrected chi connectivity index (χ1v) is 13.5. The number of hydrogen-bond acceptors (Lipinski definition) is 4. The molecule has 0 aromatic heterocycles. The van der Waals surface area contributed by atoms with E-state index >= 15 is 0 Å². The highest BCUT2D eigenvalue weighted by atomic mass is 16.4. The number of carboxylic acids is 1. The van der Waals surface area contributed by atoms with Gasteiger partial charge in [0.2, 0.25) is 0 Å². The summed E-state index contributed by atoms with van der Waals surface area (Å²) in [6.07, 6.45) is 9.37. The summed E-state index contributed by atoms with van der Waals surface area (Å²) in [5, 5.41) is 20.6. The molecule has 2 fully saturated rings. The number of carbonyl (C=O) groups excluding carboxylic acids is 2. The molecule has 194 valence electrons. The van der Waals surface area contributed by atoms with Crippen molar-refractivity contribution < 1.29 is 24.6 Å². The number of allylic oxidation sites excluding steroid dienone is 3. The van der Waals surface area contributed by atoms with Gasteiger partial charge in [-0.05, 0) is 80.5 Å². The van der Waals surface area contributed by atoms with E-state index in [9.17, 15) is 19.5 Å². The molecule has 0 amide bonds. The Kier molecular flexibility index (Phi) is 6.52. The normalized spacial score (nSPS) is 41.6. The van der Waals surface area contributed by atoms with Crippen molar-refractivity contribution in [1.82, 2.24) is 0 Å². The van der Waals surface area contributed by atoms with Crippen molar-refractivity contribution in [2.24, 2.45) is 39.4 Å². The van der Waals surface area contributed by atoms with E-state index in [1.54, 1.807) is 18.6 Å². The summed E-state index contributed by atoms with van der Waals surface area (Å²) < 4.78 is 0. The molecule has 0 spiro atoms. The van der Waals surface area contributed by atoms with Gasteiger partial charge in [-0.25, -0.2) is 4.79 Å². The average molecular weight is 485 g/mol. The third-order valence-corrected chi connectivity index (χ3v) is 11.5. The van der Waals surface area contributed by atoms with Gasteiger partial charge in [0.05, 0.1) is 6.10 Å². The van der Waals surface area contributed by atoms with Gasteiger partial charge in [0.1, 0.15) is 12.1 Å². The van der Waals surface area contributed by atoms with Crippen molar-refractivity contribution in [3.8, 4) is 0 Å². The smallest absolute Gasteiger partial charge is 0.330 e. The van der Waals surface area contributed by atoms with E-state index in [1.807, 2.05) is 0 Å². The summed E-state index contributed by atoms with van der Waals surface area (Å²) in [4.78, 5) is 36.3. The Bertz CT molecular complexity index is 989. The Morgan fingerprint density at radius 3 is 2.40 bits per heavy atom. The van der Waals surface area contributed by atoms with E-state index in [2.05, 4.69) is 34.6 Å². The predicted molar refractivity (Wildman–Crippen MR) is 136 cm³/mol. The van der Waals surface area contributed by atoms with Gasteiger partial charge >= 0.3 is 5.97 Å². The minimum absolute atomic E-state index is 0.0294. The first kappa shape index (κ1) is 26.3. The minimum Gasteiger partial charge on any atom is -0.478 e. The van der Waals surface area contributed by atoms with Gasteiger partial charge in [-0.2, -0.15) is 0 Å². The third kappa shape index (κ3) is 3.70. The number of rotatable bonds is 6. The zero-order valence-corrected chi connectivity index (χ0v) is 22.4. The van der Waals surface area contributed by atoms with Crippen LogP contribution < -0.4 is 0 Å². The number of carbonyl (C=O) groups is 3. The van der Waals surface area contributed by atoms with Crippen LogP contribution in [0.25, 0.3) is 0 Å². The summed E-state index contributed by atoms with van der Waals surface area (Å²) in [7, 11) is 0. The lowest BCUT2D eigenvalue weighted by atomic mass is 9.43. The maximum absolute atomic E-state index is 12.8. The highest BCUT2D eigenvalue weighted by Gasteiger charge is 2.66. The van der Waals surface area contributed by atoms with Crippen LogP contribution in [0.2, 0.25) is 0 Å². The second-order valence-corrected chi connectivity index (χ2v) is 13.2. The molecule has 4 aliphatic carbocycles. The molecule has 0 heterocycles. The maximum Gasteiger partial charge on any atom is 0.330 e. The van der Waals surface area contributed by atoms with Crippen LogP contribution in [0.4, 0.5) is 0 Å². The summed E-state index contributed by atoms with van der Waals surface area (Å²) in [5.74, 6) is -0.607. The zero-order chi connectivity index (χ0) is 26.0. The van der Waals surface area contributed by atoms with Crippen LogP contribution in [0.5, 0.6) is 0 Å². The fraction of sp³-hybridized carbons (Fsp3) is 0.767. The molecule has 2 saturated carbocycles. The van der Waals surface area contributed by atoms with Crippen LogP contribution in [0.1, 0.15) is 99.3 Å². The van der Waals surface area contributed by atoms with Gasteiger partial charge in [0, 0.05) is 29.2 Å². The van der Waals surface area contributed by atoms with E-state index in [4.69, 9.17) is 5.11 Å². The number of ketones is 1. The molecule has 7 atom stereocenters. The number of aldehydes is 1. The molecule has 4 rings (SSSR count). The predicted octanol–water partition coefficient (Wildman–Crippen LogP) is 5.90. The Morgan fingerprint density at radius 2 is 1.77 bits per heavy atom. The van der Waals surface area contributed by atoms with Crippen molar-refractivity contribution in [3.63, 3.8) is 0 Å². The van der Waals surface area contributed by atoms with Gasteiger partial charge in [-0.15, -0.1) is 0 Å². The lowest BCUT2D eigenvalue weighted by molar-refractivity contribution is -0.139. The molecular formula is C30H44O5. The molecule has 35 heavy (non-hydrogen) atoms. The maximum atomic E-state index is 12.8. The van der Waals surface area contributed by atoms with Crippen LogP contribution in [-0.4, -0.2) is 34.4 Å². The standard InChI is InChI=1S/C30H44O5/c1-18(26(34)35)8-7-9-19(17-31)25-22(32)16-30(6)21-10-11-23-27(2,3)24(33)13-14-28(23,4)20(21)12-15-29(25,30)5/h8,17,19,22-23,25,32H,7,9-16H2,1-6H3,(H,34,35)/b18-8+/t19-,22+,23+,25+,28+,29-,30+/m0/s1. The lowest BCUT2D eigenvalue weighted by Crippen LogP contribution is -2.54. The molecule has 0 aliphatic heterocycles. The summed E-state index contributed by atoms with van der Waals surface area (Å²) in [6, 6.07) is 0. The van der Waals surface area contributed by atoms with E-state index in [-0.39, 0.29) is 33.5 Å². The Balaban J connectivity index is 1.68. The van der Waals surface area contributed by atoms with Gasteiger partial charge in [-0.3, -0.25) is 4.79 Å². The fourth-order valence-electron chi connectivity index (χ4n) is 9.27. The first-order chi connectivity index (χ1) is 16.2. The summed E-state index contributed by atoms with van der Waals surface area (Å²) in [5.41, 5.74) is 2.72. The minimum atomic E-state index is -0.934. The summed E-state index contributed by atoms with van der Waals surface area (Å²) >= 11 is 0. The largest absolute Gasteiger partial charge is 0.478 e. The molecule has 0 radical (unpaired) electrons. The Hall–Kier alpha value is -1.75. The number of aliphatic carboxylic acids is 1. The molecule has 0 saturated heterocycles. The number of fused-ring (bicyclic) bond motifs is 4. The van der Waals surface area contributed by atoms with Crippen molar-refractivity contribution in [2.45, 2.75) is 105 Å². The van der Waals surface area contributed by atoms with Crippen molar-refractivity contribution >= 4 is 18.0 Å². The number of hydrogen-bond donors (Lipinski definition) is 2. The summed E-state index contributed by atoms with van der Waals surface area (Å²) in [6.45, 7) is 12.9. The number of aliphatic hydroxyl groups excluding tert-OH is 1. The average Bonchev–Trinajstić information content (AvgIpc) is 2.99. The fourth-order valence-corrected chi connectivity index (χ4v) is 9.27. The number of aliphatic hydroxyl groups is 1. The van der Waals surface area contributed by atoms with Crippen molar-refractivity contribution in [1.29, 1.82) is 0 Å². The van der Waals surface area contributed by atoms with Crippen LogP contribution >= 0.6 is 0 Å². The third-order valence-electron chi connectivity index (χ3n) is 11.5. The highest BCUT2D eigenvalue weighted by Crippen LogP contribution is 2.72. The van der Waals surface area contributed by atoms with E-state index in [0.29, 0.717) is 43.0 Å². The van der Waals surface area contributed by atoms with Crippen molar-refractivity contribution in [3.05, 3.63) is 22.8 Å². The monoisotopic (exact) mass is 484 g/mol. The van der Waals surface area contributed by atoms with Gasteiger partial charge in [-0.1, -0.05) is 51.8 Å². The molecule has 0 bridgehead atoms. The molecule has 4 aliphatic rings. The van der Waals surface area contributed by atoms with Gasteiger partial charge in [0.15, 0.2) is 0 Å². The van der Waals surface area contributed by atoms with Crippen LogP contribution in [0.3, 0.4) is 0 Å². The molecule has 5 heteroatoms. The van der Waals surface area contributed by atoms with E-state index in [1.165, 1.54) is 5.57 Å². The van der Waals surface area contributed by atoms with E-state index in [0.717, 1.165) is 38.4 Å². The molecule has 5 nitrogen and oxygen atoms in total. The van der Waals surface area contributed by atoms with Gasteiger partial charge in [0.25, 0.3) is 0 Å². The number of Topliss-reactive ketones (excluding diaryl/α,β-unsaturated/α-hetero) is 1. The molecule has 0 aromatic rings. The number of carboxylic acid groups (broad SMARTS) is 1. The molecule has 2 N–H and O–H groups in total. The van der Waals surface area contributed by atoms with Crippen molar-refractivity contribution in [2.75, 3.05) is 0 Å². The Labute approximate surface area is 210 Å². The quantitative estimate of drug-likeness (QED) is 0.278. The second-order valence-electron chi connectivity index (χ2n) is 13.2. The van der Waals surface area contributed by atoms with Gasteiger partial charge < -0.3 is 15.0 Å². The second kappa shape index (κ2) is 8.68. The Morgan fingerprint density at radius 1 is 1.09 bits per heavy atom. The first-order valence-electron chi connectivity index (χ1n) is 13.5. The lowest BCUT2D eigenvalue weighted by Gasteiger charge is -2.60. The van der Waals surface area contributed by atoms with Crippen LogP contribution in [0.15, 0.2) is 22.8 Å².